The maximum Gasteiger partial charge on any atom is 0.157 e. The molecule has 1 saturated heterocycles. The third-order valence-corrected chi connectivity index (χ3v) is 5.64. The molecule has 0 saturated carbocycles. The molecule has 2 N–H and O–H groups in total. The molecule has 3 heterocycles. The molecule has 1 aliphatic rings. The molecule has 7 heteroatoms. The number of aliphatic hydroxyl groups is 1. The summed E-state index contributed by atoms with van der Waals surface area (Å²) in [5.41, 5.74) is 3.51. The van der Waals surface area contributed by atoms with Crippen molar-refractivity contribution in [2.75, 3.05) is 23.3 Å². The van der Waals surface area contributed by atoms with Gasteiger partial charge in [-0.2, -0.15) is 10.4 Å². The zero-order chi connectivity index (χ0) is 20.5. The Balaban J connectivity index is 1.72. The highest BCUT2D eigenvalue weighted by Gasteiger charge is 2.22. The zero-order valence-electron chi connectivity index (χ0n) is 16.8. The van der Waals surface area contributed by atoms with Gasteiger partial charge in [-0.3, -0.25) is 0 Å². The van der Waals surface area contributed by atoms with Crippen LogP contribution in [0, 0.1) is 25.2 Å². The van der Waals surface area contributed by atoms with E-state index in [1.807, 2.05) is 44.3 Å². The Morgan fingerprint density at radius 1 is 1.28 bits per heavy atom. The quantitative estimate of drug-likeness (QED) is 0.708. The van der Waals surface area contributed by atoms with Gasteiger partial charge in [-0.15, -0.1) is 5.10 Å². The molecule has 0 unspecified atom stereocenters. The predicted octanol–water partition coefficient (Wildman–Crippen LogP) is 3.26. The second-order valence-electron chi connectivity index (χ2n) is 7.61. The number of nitrogens with zero attached hydrogens (tertiary/aromatic N) is 5. The van der Waals surface area contributed by atoms with Crippen LogP contribution in [0.25, 0.3) is 10.8 Å². The number of pyridine rings is 1. The van der Waals surface area contributed by atoms with E-state index in [9.17, 15) is 10.4 Å². The molecule has 29 heavy (non-hydrogen) atoms. The fourth-order valence-electron chi connectivity index (χ4n) is 3.92. The van der Waals surface area contributed by atoms with Crippen molar-refractivity contribution in [2.45, 2.75) is 39.3 Å². The van der Waals surface area contributed by atoms with E-state index in [0.29, 0.717) is 17.9 Å². The Morgan fingerprint density at radius 2 is 2.10 bits per heavy atom. The van der Waals surface area contributed by atoms with E-state index < -0.39 is 0 Å². The summed E-state index contributed by atoms with van der Waals surface area (Å²) >= 11 is 0. The van der Waals surface area contributed by atoms with Gasteiger partial charge in [0.1, 0.15) is 5.82 Å². The average molecular weight is 388 g/mol. The second-order valence-corrected chi connectivity index (χ2v) is 7.61. The summed E-state index contributed by atoms with van der Waals surface area (Å²) in [5, 5.41) is 33.2. The summed E-state index contributed by atoms with van der Waals surface area (Å²) in [5.74, 6) is 1.52. The van der Waals surface area contributed by atoms with Gasteiger partial charge < -0.3 is 15.3 Å². The number of rotatable bonds is 4. The lowest BCUT2D eigenvalue weighted by Crippen LogP contribution is -2.22. The lowest BCUT2D eigenvalue weighted by Gasteiger charge is -2.20. The molecule has 0 amide bonds. The molecule has 4 rings (SSSR count). The Labute approximate surface area is 170 Å². The van der Waals surface area contributed by atoms with Gasteiger partial charge >= 0.3 is 0 Å². The number of hydrogen-bond acceptors (Lipinski definition) is 7. The van der Waals surface area contributed by atoms with Crippen LogP contribution in [0.3, 0.4) is 0 Å². The number of nitrogens with one attached hydrogen (secondary N) is 1. The molecule has 3 aromatic rings. The van der Waals surface area contributed by atoms with Crippen molar-refractivity contribution in [3.05, 3.63) is 52.8 Å². The summed E-state index contributed by atoms with van der Waals surface area (Å²) in [6, 6.07) is 9.97. The van der Waals surface area contributed by atoms with E-state index in [1.54, 1.807) is 0 Å². The SMILES string of the molecule is Cc1c(C#N)cccc1[C@@H](C)Nc1nnc(C)c2cnc(N3CC[C@@H](O)C3)cc12. The first-order chi connectivity index (χ1) is 14.0. The van der Waals surface area contributed by atoms with Gasteiger partial charge in [0.15, 0.2) is 5.82 Å². The van der Waals surface area contributed by atoms with Crippen molar-refractivity contribution < 1.29 is 5.11 Å². The minimum absolute atomic E-state index is 0.0475. The molecule has 1 aliphatic heterocycles. The fraction of sp³-hybridized carbons (Fsp3) is 0.364. The smallest absolute Gasteiger partial charge is 0.157 e. The predicted molar refractivity (Wildman–Crippen MR) is 113 cm³/mol. The number of β-amino-alcohol motifs (C(OH)–C–C–N with tert-alkyl or cyclic N) is 1. The summed E-state index contributed by atoms with van der Waals surface area (Å²) in [7, 11) is 0. The largest absolute Gasteiger partial charge is 0.391 e. The van der Waals surface area contributed by atoms with Crippen LogP contribution in [0.1, 0.15) is 41.8 Å². The highest BCUT2D eigenvalue weighted by molar-refractivity contribution is 5.94. The molecule has 1 aromatic carbocycles. The van der Waals surface area contributed by atoms with Crippen LogP contribution in [0.15, 0.2) is 30.5 Å². The highest BCUT2D eigenvalue weighted by Crippen LogP contribution is 2.30. The number of nitriles is 1. The number of fused-ring (bicyclic) bond motifs is 1. The standard InChI is InChI=1S/C22H24N6O/c1-13-16(10-23)5-4-6-18(13)14(2)25-22-19-9-21(28-8-7-17(29)12-28)24-11-20(19)15(3)26-27-22/h4-6,9,11,14,17,29H,7-8,12H2,1-3H3,(H,25,27)/t14-,17-/m1/s1. The Morgan fingerprint density at radius 3 is 2.83 bits per heavy atom. The summed E-state index contributed by atoms with van der Waals surface area (Å²) in [4.78, 5) is 6.67. The molecule has 0 spiro atoms. The molecule has 0 aliphatic carbocycles. The number of aryl methyl sites for hydroxylation is 1. The Bertz CT molecular complexity index is 1110. The van der Waals surface area contributed by atoms with Crippen molar-refractivity contribution >= 4 is 22.4 Å². The first kappa shape index (κ1) is 19.1. The summed E-state index contributed by atoms with van der Waals surface area (Å²) in [6.07, 6.45) is 2.28. The number of anilines is 2. The van der Waals surface area contributed by atoms with E-state index in [0.717, 1.165) is 46.4 Å². The number of aromatic nitrogens is 3. The maximum atomic E-state index is 9.86. The first-order valence-electron chi connectivity index (χ1n) is 9.80. The molecular weight excluding hydrogens is 364 g/mol. The third-order valence-electron chi connectivity index (χ3n) is 5.64. The molecule has 2 atom stereocenters. The van der Waals surface area contributed by atoms with E-state index in [-0.39, 0.29) is 12.1 Å². The van der Waals surface area contributed by atoms with Crippen molar-refractivity contribution in [3.63, 3.8) is 0 Å². The van der Waals surface area contributed by atoms with Crippen LogP contribution in [0.5, 0.6) is 0 Å². The number of benzene rings is 1. The lowest BCUT2D eigenvalue weighted by atomic mass is 9.98. The van der Waals surface area contributed by atoms with E-state index in [4.69, 9.17) is 0 Å². The monoisotopic (exact) mass is 388 g/mol. The Kier molecular flexibility index (Phi) is 5.03. The van der Waals surface area contributed by atoms with Gasteiger partial charge in [-0.05, 0) is 50.5 Å². The van der Waals surface area contributed by atoms with Crippen LogP contribution < -0.4 is 10.2 Å². The number of hydrogen-bond donors (Lipinski definition) is 2. The van der Waals surface area contributed by atoms with Crippen molar-refractivity contribution in [1.29, 1.82) is 5.26 Å². The van der Waals surface area contributed by atoms with Crippen molar-refractivity contribution in [2.24, 2.45) is 0 Å². The highest BCUT2D eigenvalue weighted by atomic mass is 16.3. The van der Waals surface area contributed by atoms with Gasteiger partial charge in [0.05, 0.1) is 29.5 Å². The minimum atomic E-state index is -0.308. The zero-order valence-corrected chi connectivity index (χ0v) is 16.8. The van der Waals surface area contributed by atoms with Crippen LogP contribution in [-0.2, 0) is 0 Å². The summed E-state index contributed by atoms with van der Waals surface area (Å²) < 4.78 is 0. The van der Waals surface area contributed by atoms with Gasteiger partial charge in [0.25, 0.3) is 0 Å². The molecular formula is C22H24N6O. The van der Waals surface area contributed by atoms with Crippen molar-refractivity contribution in [1.82, 2.24) is 15.2 Å². The molecule has 7 nitrogen and oxygen atoms in total. The normalized spacial score (nSPS) is 17.3. The second kappa shape index (κ2) is 7.64. The average Bonchev–Trinajstić information content (AvgIpc) is 3.16. The Hall–Kier alpha value is -3.24. The van der Waals surface area contributed by atoms with Gasteiger partial charge in [-0.1, -0.05) is 12.1 Å². The first-order valence-corrected chi connectivity index (χ1v) is 9.80. The molecule has 1 fully saturated rings. The van der Waals surface area contributed by atoms with E-state index in [1.165, 1.54) is 0 Å². The molecule has 2 aromatic heterocycles. The van der Waals surface area contributed by atoms with Crippen LogP contribution in [0.2, 0.25) is 0 Å². The molecule has 148 valence electrons. The van der Waals surface area contributed by atoms with Gasteiger partial charge in [-0.25, -0.2) is 4.98 Å². The lowest BCUT2D eigenvalue weighted by molar-refractivity contribution is 0.198. The van der Waals surface area contributed by atoms with Crippen LogP contribution >= 0.6 is 0 Å². The van der Waals surface area contributed by atoms with E-state index >= 15 is 0 Å². The summed E-state index contributed by atoms with van der Waals surface area (Å²) in [6.45, 7) is 7.32. The van der Waals surface area contributed by atoms with Crippen molar-refractivity contribution in [3.8, 4) is 6.07 Å². The van der Waals surface area contributed by atoms with E-state index in [2.05, 4.69) is 38.4 Å². The minimum Gasteiger partial charge on any atom is -0.391 e. The fourth-order valence-corrected chi connectivity index (χ4v) is 3.92. The number of aliphatic hydroxyl groups excluding tert-OH is 1. The molecule has 0 bridgehead atoms. The van der Waals surface area contributed by atoms with Gasteiger partial charge in [0, 0.05) is 30.1 Å². The topological polar surface area (TPSA) is 98.0 Å². The van der Waals surface area contributed by atoms with Crippen LogP contribution in [0.4, 0.5) is 11.6 Å². The molecule has 0 radical (unpaired) electrons. The third kappa shape index (κ3) is 3.59. The van der Waals surface area contributed by atoms with Gasteiger partial charge in [0.2, 0.25) is 0 Å². The van der Waals surface area contributed by atoms with Crippen LogP contribution in [-0.4, -0.2) is 39.5 Å². The maximum absolute atomic E-state index is 9.86.